The van der Waals surface area contributed by atoms with Gasteiger partial charge in [0, 0.05) is 10.7 Å². The van der Waals surface area contributed by atoms with Gasteiger partial charge >= 0.3 is 0 Å². The van der Waals surface area contributed by atoms with Crippen molar-refractivity contribution < 1.29 is 9.90 Å². The highest BCUT2D eigenvalue weighted by Crippen LogP contribution is 2.25. The highest BCUT2D eigenvalue weighted by molar-refractivity contribution is 8.00. The van der Waals surface area contributed by atoms with Crippen molar-refractivity contribution in [3.63, 3.8) is 0 Å². The zero-order valence-electron chi connectivity index (χ0n) is 13.1. The molecule has 1 unspecified atom stereocenters. The minimum absolute atomic E-state index is 0.153. The summed E-state index contributed by atoms with van der Waals surface area (Å²) in [6.07, 6.45) is 0. The number of carbonyl (C=O) groups excluding carboxylic acids is 1. The van der Waals surface area contributed by atoms with Gasteiger partial charge in [0.25, 0.3) is 0 Å². The predicted molar refractivity (Wildman–Crippen MR) is 96.2 cm³/mol. The summed E-state index contributed by atoms with van der Waals surface area (Å²) in [5, 5.41) is 24.3. The summed E-state index contributed by atoms with van der Waals surface area (Å²) in [6.45, 7) is 1.76. The van der Waals surface area contributed by atoms with E-state index >= 15 is 0 Å². The van der Waals surface area contributed by atoms with E-state index < -0.39 is 5.25 Å². The molecule has 0 radical (unpaired) electrons. The third-order valence-corrected chi connectivity index (χ3v) is 4.55. The lowest BCUT2D eigenvalue weighted by atomic mass is 10.3. The molecule has 1 amide bonds. The van der Waals surface area contributed by atoms with Crippen molar-refractivity contribution in [3.8, 4) is 11.4 Å². The van der Waals surface area contributed by atoms with Gasteiger partial charge in [0.15, 0.2) is 0 Å². The number of carbonyl (C=O) groups is 1. The number of amides is 1. The van der Waals surface area contributed by atoms with Crippen LogP contribution in [0.25, 0.3) is 5.69 Å². The first-order valence-corrected chi connectivity index (χ1v) is 8.59. The first-order valence-electron chi connectivity index (χ1n) is 7.34. The summed E-state index contributed by atoms with van der Waals surface area (Å²) in [5.74, 6) is -0.0344. The fourth-order valence-corrected chi connectivity index (χ4v) is 3.03. The molecule has 2 N–H and O–H groups in total. The molecule has 25 heavy (non-hydrogen) atoms. The molecular weight excluding hydrogens is 362 g/mol. The van der Waals surface area contributed by atoms with Crippen LogP contribution in [-0.4, -0.2) is 36.5 Å². The molecular formula is C16H14ClN5O2S. The summed E-state index contributed by atoms with van der Waals surface area (Å²) in [5.41, 5.74) is 1.32. The number of tetrazole rings is 1. The van der Waals surface area contributed by atoms with Gasteiger partial charge in [-0.2, -0.15) is 4.68 Å². The Labute approximate surface area is 153 Å². The average molecular weight is 376 g/mol. The van der Waals surface area contributed by atoms with Crippen molar-refractivity contribution >= 4 is 35.0 Å². The van der Waals surface area contributed by atoms with Crippen LogP contribution < -0.4 is 5.32 Å². The van der Waals surface area contributed by atoms with Gasteiger partial charge in [-0.25, -0.2) is 0 Å². The molecule has 0 bridgehead atoms. The van der Waals surface area contributed by atoms with Crippen LogP contribution in [0, 0.1) is 0 Å². The second kappa shape index (κ2) is 7.54. The second-order valence-corrected chi connectivity index (χ2v) is 6.89. The number of thioether (sulfide) groups is 1. The fraction of sp³-hybridized carbons (Fsp3) is 0.125. The van der Waals surface area contributed by atoms with E-state index in [2.05, 4.69) is 20.8 Å². The zero-order valence-corrected chi connectivity index (χ0v) is 14.7. The first-order chi connectivity index (χ1) is 12.0. The second-order valence-electron chi connectivity index (χ2n) is 5.15. The van der Waals surface area contributed by atoms with Crippen LogP contribution >= 0.6 is 23.4 Å². The molecule has 9 heteroatoms. The summed E-state index contributed by atoms with van der Waals surface area (Å²) in [7, 11) is 0. The van der Waals surface area contributed by atoms with Gasteiger partial charge in [-0.15, -0.1) is 5.10 Å². The molecule has 1 aromatic heterocycles. The van der Waals surface area contributed by atoms with Gasteiger partial charge in [-0.1, -0.05) is 29.4 Å². The molecule has 1 atom stereocenters. The minimum atomic E-state index is -0.430. The Morgan fingerprint density at radius 1 is 1.28 bits per heavy atom. The van der Waals surface area contributed by atoms with E-state index in [1.807, 2.05) is 0 Å². The lowest BCUT2D eigenvalue weighted by Crippen LogP contribution is -2.22. The predicted octanol–water partition coefficient (Wildman–Crippen LogP) is 3.14. The van der Waals surface area contributed by atoms with Crippen molar-refractivity contribution in [3.05, 3.63) is 53.6 Å². The maximum atomic E-state index is 12.4. The molecule has 2 aromatic carbocycles. The molecule has 3 aromatic rings. The Kier molecular flexibility index (Phi) is 5.20. The highest BCUT2D eigenvalue weighted by Gasteiger charge is 2.19. The van der Waals surface area contributed by atoms with E-state index in [4.69, 9.17) is 11.6 Å². The van der Waals surface area contributed by atoms with Crippen LogP contribution in [0.4, 0.5) is 5.69 Å². The number of hydrogen-bond acceptors (Lipinski definition) is 6. The largest absolute Gasteiger partial charge is 0.508 e. The number of aromatic nitrogens is 4. The van der Waals surface area contributed by atoms with Gasteiger partial charge in [0.05, 0.1) is 10.9 Å². The van der Waals surface area contributed by atoms with Crippen molar-refractivity contribution in [1.82, 2.24) is 20.2 Å². The lowest BCUT2D eigenvalue weighted by molar-refractivity contribution is -0.115. The van der Waals surface area contributed by atoms with E-state index in [0.29, 0.717) is 21.6 Å². The van der Waals surface area contributed by atoms with Crippen molar-refractivity contribution in [2.45, 2.75) is 17.3 Å². The number of halogens is 1. The van der Waals surface area contributed by atoms with Crippen molar-refractivity contribution in [1.29, 1.82) is 0 Å². The molecule has 0 saturated carbocycles. The molecule has 0 spiro atoms. The normalized spacial score (nSPS) is 11.9. The van der Waals surface area contributed by atoms with Gasteiger partial charge in [0.1, 0.15) is 5.75 Å². The monoisotopic (exact) mass is 375 g/mol. The summed E-state index contributed by atoms with van der Waals surface area (Å²) in [6, 6.07) is 13.4. The molecule has 3 rings (SSSR count). The molecule has 1 heterocycles. The fourth-order valence-electron chi connectivity index (χ4n) is 2.03. The van der Waals surface area contributed by atoms with Gasteiger partial charge in [-0.3, -0.25) is 4.79 Å². The van der Waals surface area contributed by atoms with Gasteiger partial charge in [0.2, 0.25) is 11.1 Å². The number of nitrogens with one attached hydrogen (secondary N) is 1. The van der Waals surface area contributed by atoms with Crippen LogP contribution in [0.1, 0.15) is 6.92 Å². The smallest absolute Gasteiger partial charge is 0.237 e. The Balaban J connectivity index is 1.71. The van der Waals surface area contributed by atoms with Gasteiger partial charge < -0.3 is 10.4 Å². The summed E-state index contributed by atoms with van der Waals surface area (Å²) < 4.78 is 1.51. The summed E-state index contributed by atoms with van der Waals surface area (Å²) in [4.78, 5) is 12.4. The molecule has 0 aliphatic carbocycles. The van der Waals surface area contributed by atoms with Crippen LogP contribution in [0.3, 0.4) is 0 Å². The van der Waals surface area contributed by atoms with E-state index in [0.717, 1.165) is 0 Å². The molecule has 128 valence electrons. The molecule has 0 saturated heterocycles. The number of anilines is 1. The minimum Gasteiger partial charge on any atom is -0.508 e. The average Bonchev–Trinajstić information content (AvgIpc) is 3.03. The highest BCUT2D eigenvalue weighted by atomic mass is 35.5. The number of aromatic hydroxyl groups is 1. The molecule has 0 fully saturated rings. The van der Waals surface area contributed by atoms with Crippen molar-refractivity contribution in [2.75, 3.05) is 5.32 Å². The van der Waals surface area contributed by atoms with E-state index in [-0.39, 0.29) is 11.7 Å². The number of rotatable bonds is 5. The Hall–Kier alpha value is -2.58. The maximum Gasteiger partial charge on any atom is 0.237 e. The lowest BCUT2D eigenvalue weighted by Gasteiger charge is -2.12. The number of benzene rings is 2. The van der Waals surface area contributed by atoms with E-state index in [1.54, 1.807) is 55.5 Å². The van der Waals surface area contributed by atoms with Crippen molar-refractivity contribution in [2.24, 2.45) is 0 Å². The van der Waals surface area contributed by atoms with Crippen LogP contribution in [-0.2, 0) is 4.79 Å². The third-order valence-electron chi connectivity index (χ3n) is 3.28. The number of hydrogen-bond donors (Lipinski definition) is 2. The third kappa shape index (κ3) is 4.28. The Morgan fingerprint density at radius 2 is 2.04 bits per heavy atom. The number of nitrogens with zero attached hydrogens (tertiary/aromatic N) is 4. The van der Waals surface area contributed by atoms with Gasteiger partial charge in [-0.05, 0) is 59.8 Å². The van der Waals surface area contributed by atoms with Crippen LogP contribution in [0.5, 0.6) is 5.75 Å². The molecule has 0 aliphatic heterocycles. The SMILES string of the molecule is CC(Sc1nnnn1-c1ccc(O)cc1)C(=O)Nc1cccc(Cl)c1. The number of phenolic OH excluding ortho intramolecular Hbond substituents is 1. The number of phenols is 1. The van der Waals surface area contributed by atoms with Crippen LogP contribution in [0.15, 0.2) is 53.7 Å². The standard InChI is InChI=1S/C16H14ClN5O2S/c1-10(15(24)18-12-4-2-3-11(17)9-12)25-16-19-20-21-22(16)13-5-7-14(23)8-6-13/h2-10,23H,1H3,(H,18,24). The maximum absolute atomic E-state index is 12.4. The van der Waals surface area contributed by atoms with E-state index in [1.165, 1.54) is 16.4 Å². The molecule has 7 nitrogen and oxygen atoms in total. The Bertz CT molecular complexity index is 884. The zero-order chi connectivity index (χ0) is 17.8. The van der Waals surface area contributed by atoms with Crippen LogP contribution in [0.2, 0.25) is 5.02 Å². The first kappa shape index (κ1) is 17.2. The molecule has 0 aliphatic rings. The van der Waals surface area contributed by atoms with E-state index in [9.17, 15) is 9.90 Å². The quantitative estimate of drug-likeness (QED) is 0.665. The Morgan fingerprint density at radius 3 is 2.76 bits per heavy atom. The summed E-state index contributed by atoms with van der Waals surface area (Å²) >= 11 is 7.15. The topological polar surface area (TPSA) is 92.9 Å².